The normalized spacial score (nSPS) is 17.4. The van der Waals surface area contributed by atoms with E-state index in [9.17, 15) is 18.0 Å². The molecule has 1 atom stereocenters. The van der Waals surface area contributed by atoms with Gasteiger partial charge >= 0.3 is 0 Å². The lowest BCUT2D eigenvalue weighted by atomic mass is 10.2. The summed E-state index contributed by atoms with van der Waals surface area (Å²) in [6, 6.07) is 13.8. The van der Waals surface area contributed by atoms with Gasteiger partial charge in [0.25, 0.3) is 5.56 Å². The second-order valence-corrected chi connectivity index (χ2v) is 10.7. The van der Waals surface area contributed by atoms with E-state index in [0.717, 1.165) is 11.8 Å². The molecule has 32 heavy (non-hydrogen) atoms. The monoisotopic (exact) mass is 473 g/mol. The van der Waals surface area contributed by atoms with Gasteiger partial charge < -0.3 is 9.64 Å². The van der Waals surface area contributed by atoms with Crippen molar-refractivity contribution in [2.45, 2.75) is 17.6 Å². The molecule has 0 spiro atoms. The minimum Gasteiger partial charge on any atom is -0.495 e. The van der Waals surface area contributed by atoms with Crippen LogP contribution in [-0.2, 0) is 14.6 Å². The Balaban J connectivity index is 1.69. The molecule has 168 valence electrons. The van der Waals surface area contributed by atoms with Gasteiger partial charge in [0.1, 0.15) is 5.75 Å². The molecule has 0 saturated carbocycles. The summed E-state index contributed by atoms with van der Waals surface area (Å²) in [5, 5.41) is 0.821. The molecule has 0 radical (unpaired) electrons. The summed E-state index contributed by atoms with van der Waals surface area (Å²) in [5.41, 5.74) is 0.808. The number of ether oxygens (including phenoxy) is 1. The van der Waals surface area contributed by atoms with Gasteiger partial charge in [-0.3, -0.25) is 14.2 Å². The molecule has 1 amide bonds. The van der Waals surface area contributed by atoms with Crippen LogP contribution in [0.4, 0.5) is 0 Å². The molecule has 8 nitrogen and oxygen atoms in total. The summed E-state index contributed by atoms with van der Waals surface area (Å²) in [6.45, 7) is 0. The Kier molecular flexibility index (Phi) is 6.25. The highest BCUT2D eigenvalue weighted by Gasteiger charge is 2.32. The Labute approximate surface area is 190 Å². The van der Waals surface area contributed by atoms with Gasteiger partial charge in [0.2, 0.25) is 5.91 Å². The summed E-state index contributed by atoms with van der Waals surface area (Å²) < 4.78 is 30.4. The van der Waals surface area contributed by atoms with Gasteiger partial charge in [0.15, 0.2) is 15.0 Å². The van der Waals surface area contributed by atoms with Crippen molar-refractivity contribution in [1.29, 1.82) is 0 Å². The molecule has 2 aromatic carbocycles. The first-order valence-corrected chi connectivity index (χ1v) is 12.9. The van der Waals surface area contributed by atoms with E-state index >= 15 is 0 Å². The van der Waals surface area contributed by atoms with Crippen LogP contribution in [0.15, 0.2) is 58.5 Å². The average molecular weight is 474 g/mol. The molecule has 4 rings (SSSR count). The molecule has 1 aromatic heterocycles. The van der Waals surface area contributed by atoms with Crippen LogP contribution >= 0.6 is 11.8 Å². The Hall–Kier alpha value is -2.85. The highest BCUT2D eigenvalue weighted by Crippen LogP contribution is 2.27. The lowest BCUT2D eigenvalue weighted by Crippen LogP contribution is -2.39. The molecule has 10 heteroatoms. The SMILES string of the molecule is COc1ccccc1-n1c(SCC(=O)N(C)[C@H]2CCS(=O)(=O)C2)nc2ccccc2c1=O. The number of carbonyl (C=O) groups is 1. The maximum absolute atomic E-state index is 13.4. The van der Waals surface area contributed by atoms with Crippen LogP contribution in [0.1, 0.15) is 6.42 Å². The van der Waals surface area contributed by atoms with Crippen molar-refractivity contribution in [2.24, 2.45) is 0 Å². The fraction of sp³-hybridized carbons (Fsp3) is 0.318. The number of sulfone groups is 1. The number of hydrogen-bond acceptors (Lipinski definition) is 7. The smallest absolute Gasteiger partial charge is 0.266 e. The van der Waals surface area contributed by atoms with E-state index in [-0.39, 0.29) is 34.8 Å². The van der Waals surface area contributed by atoms with E-state index in [4.69, 9.17) is 4.74 Å². The quantitative estimate of drug-likeness (QED) is 0.400. The maximum Gasteiger partial charge on any atom is 0.266 e. The predicted octanol–water partition coefficient (Wildman–Crippen LogP) is 2.13. The Morgan fingerprint density at radius 2 is 1.94 bits per heavy atom. The third-order valence-corrected chi connectivity index (χ3v) is 8.22. The molecule has 0 N–H and O–H groups in total. The molecular formula is C22H23N3O5S2. The summed E-state index contributed by atoms with van der Waals surface area (Å²) >= 11 is 1.14. The van der Waals surface area contributed by atoms with Crippen LogP contribution in [0.5, 0.6) is 5.75 Å². The van der Waals surface area contributed by atoms with E-state index in [1.807, 2.05) is 6.07 Å². The van der Waals surface area contributed by atoms with Crippen LogP contribution in [0.2, 0.25) is 0 Å². The van der Waals surface area contributed by atoms with Crippen molar-refractivity contribution in [1.82, 2.24) is 14.5 Å². The summed E-state index contributed by atoms with van der Waals surface area (Å²) in [7, 11) is 0.0538. The molecule has 0 unspecified atom stereocenters. The van der Waals surface area contributed by atoms with Crippen molar-refractivity contribution >= 4 is 38.4 Å². The van der Waals surface area contributed by atoms with Crippen LogP contribution < -0.4 is 10.3 Å². The second-order valence-electron chi connectivity index (χ2n) is 7.57. The zero-order valence-corrected chi connectivity index (χ0v) is 19.4. The summed E-state index contributed by atoms with van der Waals surface area (Å²) in [5.74, 6) is 0.397. The number of para-hydroxylation sites is 3. The lowest BCUT2D eigenvalue weighted by molar-refractivity contribution is -0.128. The summed E-state index contributed by atoms with van der Waals surface area (Å²) in [6.07, 6.45) is 0.440. The number of aromatic nitrogens is 2. The van der Waals surface area contributed by atoms with Gasteiger partial charge in [0.05, 0.1) is 41.0 Å². The minimum absolute atomic E-state index is 0.0138. The van der Waals surface area contributed by atoms with Crippen LogP contribution in [0.3, 0.4) is 0 Å². The first-order valence-electron chi connectivity index (χ1n) is 10.0. The zero-order chi connectivity index (χ0) is 22.9. The molecular weight excluding hydrogens is 450 g/mol. The van der Waals surface area contributed by atoms with Gasteiger partial charge in [-0.15, -0.1) is 0 Å². The molecule has 0 aliphatic carbocycles. The lowest BCUT2D eigenvalue weighted by Gasteiger charge is -2.23. The van der Waals surface area contributed by atoms with Gasteiger partial charge in [-0.1, -0.05) is 36.0 Å². The first-order chi connectivity index (χ1) is 15.3. The predicted molar refractivity (Wildman–Crippen MR) is 124 cm³/mol. The topological polar surface area (TPSA) is 98.6 Å². The number of fused-ring (bicyclic) bond motifs is 1. The van der Waals surface area contributed by atoms with Crippen molar-refractivity contribution in [3.8, 4) is 11.4 Å². The minimum atomic E-state index is -3.09. The number of nitrogens with zero attached hydrogens (tertiary/aromatic N) is 3. The van der Waals surface area contributed by atoms with E-state index in [0.29, 0.717) is 33.9 Å². The highest BCUT2D eigenvalue weighted by molar-refractivity contribution is 7.99. The van der Waals surface area contributed by atoms with E-state index < -0.39 is 9.84 Å². The molecule has 1 aliphatic heterocycles. The maximum atomic E-state index is 13.4. The Morgan fingerprint density at radius 3 is 2.66 bits per heavy atom. The number of methoxy groups -OCH3 is 1. The molecule has 0 bridgehead atoms. The molecule has 1 fully saturated rings. The number of carbonyl (C=O) groups excluding carboxylic acids is 1. The molecule has 2 heterocycles. The fourth-order valence-electron chi connectivity index (χ4n) is 3.75. The van der Waals surface area contributed by atoms with E-state index in [2.05, 4.69) is 4.98 Å². The number of thioether (sulfide) groups is 1. The van der Waals surface area contributed by atoms with Gasteiger partial charge in [0, 0.05) is 13.1 Å². The Morgan fingerprint density at radius 1 is 1.22 bits per heavy atom. The van der Waals surface area contributed by atoms with Crippen molar-refractivity contribution < 1.29 is 17.9 Å². The molecule has 1 aliphatic rings. The van der Waals surface area contributed by atoms with Crippen molar-refractivity contribution in [3.05, 3.63) is 58.9 Å². The van der Waals surface area contributed by atoms with Crippen LogP contribution in [0.25, 0.3) is 16.6 Å². The molecule has 3 aromatic rings. The number of amides is 1. The van der Waals surface area contributed by atoms with Gasteiger partial charge in [-0.05, 0) is 30.7 Å². The molecule has 1 saturated heterocycles. The highest BCUT2D eigenvalue weighted by atomic mass is 32.2. The Bertz CT molecular complexity index is 1340. The van der Waals surface area contributed by atoms with Crippen LogP contribution in [-0.4, -0.2) is 66.2 Å². The standard InChI is InChI=1S/C22H23N3O5S2/c1-24(15-11-12-32(28,29)14-15)20(26)13-31-22-23-17-8-4-3-7-16(17)21(27)25(22)18-9-5-6-10-19(18)30-2/h3-10,15H,11-14H2,1-2H3/t15-/m0/s1. The summed E-state index contributed by atoms with van der Waals surface area (Å²) in [4.78, 5) is 32.3. The average Bonchev–Trinajstić information content (AvgIpc) is 3.16. The largest absolute Gasteiger partial charge is 0.495 e. The number of hydrogen-bond donors (Lipinski definition) is 0. The zero-order valence-electron chi connectivity index (χ0n) is 17.7. The van der Waals surface area contributed by atoms with Gasteiger partial charge in [-0.25, -0.2) is 13.4 Å². The van der Waals surface area contributed by atoms with Crippen LogP contribution in [0, 0.1) is 0 Å². The van der Waals surface area contributed by atoms with Crippen molar-refractivity contribution in [2.75, 3.05) is 31.4 Å². The van der Waals surface area contributed by atoms with Crippen molar-refractivity contribution in [3.63, 3.8) is 0 Å². The number of benzene rings is 2. The third kappa shape index (κ3) is 4.37. The fourth-order valence-corrected chi connectivity index (χ4v) is 6.45. The number of rotatable bonds is 6. The van der Waals surface area contributed by atoms with E-state index in [1.165, 1.54) is 16.6 Å². The third-order valence-electron chi connectivity index (χ3n) is 5.55. The second kappa shape index (κ2) is 8.95. The first kappa shape index (κ1) is 22.3. The van der Waals surface area contributed by atoms with Gasteiger partial charge in [-0.2, -0.15) is 0 Å². The van der Waals surface area contributed by atoms with E-state index in [1.54, 1.807) is 49.5 Å².